The smallest absolute Gasteiger partial charge is 0.391 e. The molecule has 0 unspecified atom stereocenters. The van der Waals surface area contributed by atoms with Crippen LogP contribution >= 0.6 is 0 Å². The Balaban J connectivity index is 4.01. The highest BCUT2D eigenvalue weighted by Gasteiger charge is 2.37. The van der Waals surface area contributed by atoms with Crippen LogP contribution in [0.25, 0.3) is 0 Å². The standard InChI is InChI=1S/C7H11F3O2/c1-4(6(11)12)3-5(2)7(8,9)10/h4-5H,3H2,1-2H3,(H,11,12)/t4-,5-/m0/s1. The molecule has 5 heteroatoms. The predicted molar refractivity (Wildman–Crippen MR) is 36.6 cm³/mol. The molecule has 0 aromatic carbocycles. The molecule has 0 aliphatic rings. The summed E-state index contributed by atoms with van der Waals surface area (Å²) in [6, 6.07) is 0. The summed E-state index contributed by atoms with van der Waals surface area (Å²) in [4.78, 5) is 10.2. The fourth-order valence-electron chi connectivity index (χ4n) is 0.765. The van der Waals surface area contributed by atoms with Crippen molar-refractivity contribution in [1.82, 2.24) is 0 Å². The van der Waals surface area contributed by atoms with Crippen LogP contribution in [0.3, 0.4) is 0 Å². The quantitative estimate of drug-likeness (QED) is 0.730. The molecule has 72 valence electrons. The molecule has 0 aliphatic heterocycles. The fourth-order valence-corrected chi connectivity index (χ4v) is 0.765. The first-order chi connectivity index (χ1) is 5.25. The lowest BCUT2D eigenvalue weighted by molar-refractivity contribution is -0.175. The van der Waals surface area contributed by atoms with E-state index in [0.717, 1.165) is 6.92 Å². The van der Waals surface area contributed by atoms with Crippen molar-refractivity contribution in [2.24, 2.45) is 11.8 Å². The number of carboxylic acid groups (broad SMARTS) is 1. The largest absolute Gasteiger partial charge is 0.481 e. The van der Waals surface area contributed by atoms with Crippen molar-refractivity contribution in [3.05, 3.63) is 0 Å². The number of rotatable bonds is 3. The van der Waals surface area contributed by atoms with Crippen molar-refractivity contribution in [1.29, 1.82) is 0 Å². The second-order valence-corrected chi connectivity index (χ2v) is 2.92. The van der Waals surface area contributed by atoms with Gasteiger partial charge in [0.15, 0.2) is 0 Å². The number of carboxylic acids is 1. The Morgan fingerprint density at radius 2 is 1.83 bits per heavy atom. The van der Waals surface area contributed by atoms with E-state index in [2.05, 4.69) is 0 Å². The number of hydrogen-bond acceptors (Lipinski definition) is 1. The summed E-state index contributed by atoms with van der Waals surface area (Å²) < 4.78 is 35.6. The average Bonchev–Trinajstić information content (AvgIpc) is 1.85. The summed E-state index contributed by atoms with van der Waals surface area (Å²) in [5.41, 5.74) is 0. The van der Waals surface area contributed by atoms with E-state index in [4.69, 9.17) is 5.11 Å². The number of halogens is 3. The lowest BCUT2D eigenvalue weighted by Crippen LogP contribution is -2.24. The normalized spacial score (nSPS) is 17.1. The van der Waals surface area contributed by atoms with Gasteiger partial charge in [-0.05, 0) is 6.42 Å². The molecule has 0 spiro atoms. The second kappa shape index (κ2) is 3.78. The van der Waals surface area contributed by atoms with Gasteiger partial charge in [0.25, 0.3) is 0 Å². The van der Waals surface area contributed by atoms with Crippen LogP contribution in [0.4, 0.5) is 13.2 Å². The molecule has 0 rings (SSSR count). The zero-order chi connectivity index (χ0) is 9.94. The zero-order valence-corrected chi connectivity index (χ0v) is 6.85. The van der Waals surface area contributed by atoms with Gasteiger partial charge in [0.1, 0.15) is 0 Å². The molecular weight excluding hydrogens is 173 g/mol. The number of alkyl halides is 3. The predicted octanol–water partition coefficient (Wildman–Crippen LogP) is 2.30. The first-order valence-corrected chi connectivity index (χ1v) is 3.54. The van der Waals surface area contributed by atoms with E-state index in [-0.39, 0.29) is 6.42 Å². The summed E-state index contributed by atoms with van der Waals surface area (Å²) in [6.45, 7) is 2.25. The van der Waals surface area contributed by atoms with E-state index < -0.39 is 24.0 Å². The lowest BCUT2D eigenvalue weighted by Gasteiger charge is -2.17. The van der Waals surface area contributed by atoms with Crippen molar-refractivity contribution in [2.75, 3.05) is 0 Å². The molecular formula is C7H11F3O2. The molecule has 2 atom stereocenters. The van der Waals surface area contributed by atoms with E-state index in [1.54, 1.807) is 0 Å². The van der Waals surface area contributed by atoms with Gasteiger partial charge in [-0.15, -0.1) is 0 Å². The molecule has 0 aromatic rings. The van der Waals surface area contributed by atoms with Crippen LogP contribution in [-0.2, 0) is 4.79 Å². The minimum Gasteiger partial charge on any atom is -0.481 e. The minimum absolute atomic E-state index is 0.362. The Morgan fingerprint density at radius 3 is 2.08 bits per heavy atom. The third kappa shape index (κ3) is 3.59. The van der Waals surface area contributed by atoms with Gasteiger partial charge in [-0.2, -0.15) is 13.2 Å². The van der Waals surface area contributed by atoms with Crippen LogP contribution in [0.1, 0.15) is 20.3 Å². The highest BCUT2D eigenvalue weighted by atomic mass is 19.4. The summed E-state index contributed by atoms with van der Waals surface area (Å²) in [6.07, 6.45) is -4.65. The molecule has 0 heterocycles. The van der Waals surface area contributed by atoms with Gasteiger partial charge >= 0.3 is 12.1 Å². The van der Waals surface area contributed by atoms with Crippen molar-refractivity contribution >= 4 is 5.97 Å². The number of aliphatic carboxylic acids is 1. The van der Waals surface area contributed by atoms with E-state index in [9.17, 15) is 18.0 Å². The highest BCUT2D eigenvalue weighted by Crippen LogP contribution is 2.30. The third-order valence-electron chi connectivity index (χ3n) is 1.69. The molecule has 0 aliphatic carbocycles. The zero-order valence-electron chi connectivity index (χ0n) is 6.85. The van der Waals surface area contributed by atoms with Crippen molar-refractivity contribution in [3.63, 3.8) is 0 Å². The topological polar surface area (TPSA) is 37.3 Å². The van der Waals surface area contributed by atoms with Crippen LogP contribution in [0.5, 0.6) is 0 Å². The number of hydrogen-bond donors (Lipinski definition) is 1. The van der Waals surface area contributed by atoms with Crippen molar-refractivity contribution in [2.45, 2.75) is 26.4 Å². The van der Waals surface area contributed by atoms with E-state index in [0.29, 0.717) is 0 Å². The molecule has 0 bridgehead atoms. The van der Waals surface area contributed by atoms with Crippen LogP contribution < -0.4 is 0 Å². The first kappa shape index (κ1) is 11.3. The van der Waals surface area contributed by atoms with Gasteiger partial charge in [0, 0.05) is 0 Å². The van der Waals surface area contributed by atoms with Crippen molar-refractivity contribution < 1.29 is 23.1 Å². The molecule has 0 fully saturated rings. The Hall–Kier alpha value is -0.740. The summed E-state index contributed by atoms with van der Waals surface area (Å²) >= 11 is 0. The Labute approximate surface area is 68.4 Å². The first-order valence-electron chi connectivity index (χ1n) is 3.54. The van der Waals surface area contributed by atoms with Gasteiger partial charge in [0.05, 0.1) is 11.8 Å². The highest BCUT2D eigenvalue weighted by molar-refractivity contribution is 5.69. The fraction of sp³-hybridized carbons (Fsp3) is 0.857. The molecule has 0 saturated heterocycles. The molecule has 1 N–H and O–H groups in total. The van der Waals surface area contributed by atoms with E-state index in [1.807, 2.05) is 0 Å². The Morgan fingerprint density at radius 1 is 1.42 bits per heavy atom. The van der Waals surface area contributed by atoms with Crippen LogP contribution in [0, 0.1) is 11.8 Å². The van der Waals surface area contributed by atoms with Crippen LogP contribution in [-0.4, -0.2) is 17.3 Å². The lowest BCUT2D eigenvalue weighted by atomic mass is 9.97. The van der Waals surface area contributed by atoms with E-state index in [1.165, 1.54) is 6.92 Å². The summed E-state index contributed by atoms with van der Waals surface area (Å²) in [7, 11) is 0. The molecule has 2 nitrogen and oxygen atoms in total. The summed E-state index contributed by atoms with van der Waals surface area (Å²) in [5, 5.41) is 8.33. The Kier molecular flexibility index (Phi) is 3.55. The van der Waals surface area contributed by atoms with Gasteiger partial charge in [-0.3, -0.25) is 4.79 Å². The maximum atomic E-state index is 11.9. The van der Waals surface area contributed by atoms with Crippen molar-refractivity contribution in [3.8, 4) is 0 Å². The van der Waals surface area contributed by atoms with Gasteiger partial charge < -0.3 is 5.11 Å². The molecule has 12 heavy (non-hydrogen) atoms. The van der Waals surface area contributed by atoms with Gasteiger partial charge in [-0.25, -0.2) is 0 Å². The maximum absolute atomic E-state index is 11.9. The molecule has 0 saturated carbocycles. The van der Waals surface area contributed by atoms with E-state index >= 15 is 0 Å². The van der Waals surface area contributed by atoms with Crippen LogP contribution in [0.2, 0.25) is 0 Å². The third-order valence-corrected chi connectivity index (χ3v) is 1.69. The molecule has 0 radical (unpaired) electrons. The van der Waals surface area contributed by atoms with Crippen LogP contribution in [0.15, 0.2) is 0 Å². The minimum atomic E-state index is -4.29. The second-order valence-electron chi connectivity index (χ2n) is 2.92. The maximum Gasteiger partial charge on any atom is 0.391 e. The molecule has 0 aromatic heterocycles. The monoisotopic (exact) mass is 184 g/mol. The van der Waals surface area contributed by atoms with Gasteiger partial charge in [-0.1, -0.05) is 13.8 Å². The SMILES string of the molecule is C[C@@H](C[C@H](C)C(F)(F)F)C(=O)O. The Bertz CT molecular complexity index is 165. The van der Waals surface area contributed by atoms with Gasteiger partial charge in [0.2, 0.25) is 0 Å². The number of carbonyl (C=O) groups is 1. The average molecular weight is 184 g/mol. The summed E-state index contributed by atoms with van der Waals surface area (Å²) in [5.74, 6) is -3.68. The molecule has 0 amide bonds.